The molecule has 1 aliphatic heterocycles. The first kappa shape index (κ1) is 6.10. The van der Waals surface area contributed by atoms with Crippen molar-refractivity contribution in [2.24, 2.45) is 0 Å². The molecule has 1 aliphatic rings. The molecule has 0 saturated carbocycles. The molecule has 0 bridgehead atoms. The van der Waals surface area contributed by atoms with Gasteiger partial charge in [0.05, 0.1) is 16.8 Å². The third-order valence-electron chi connectivity index (χ3n) is 3.46. The predicted molar refractivity (Wildman–Crippen MR) is 73.0 cm³/mol. The van der Waals surface area contributed by atoms with Crippen molar-refractivity contribution in [3.63, 3.8) is 0 Å². The highest BCUT2D eigenvalue weighted by molar-refractivity contribution is 6.61. The second-order valence-corrected chi connectivity index (χ2v) is 5.53. The van der Waals surface area contributed by atoms with Crippen molar-refractivity contribution in [2.45, 2.75) is 64.9 Å². The van der Waals surface area contributed by atoms with Crippen LogP contribution in [0, 0.1) is 0 Å². The van der Waals surface area contributed by atoms with Gasteiger partial charge in [-0.25, -0.2) is 4.98 Å². The van der Waals surface area contributed by atoms with E-state index in [2.05, 4.69) is 9.97 Å². The predicted octanol–water partition coefficient (Wildman–Crippen LogP) is 2.01. The third kappa shape index (κ3) is 2.21. The van der Waals surface area contributed by atoms with Crippen LogP contribution in [0.5, 0.6) is 0 Å². The molecular formula is C13H23BN2O2. The summed E-state index contributed by atoms with van der Waals surface area (Å²) in [5.41, 5.74) is -4.43. The Labute approximate surface area is 122 Å². The lowest BCUT2D eigenvalue weighted by atomic mass is 9.85. The Morgan fingerprint density at radius 2 is 1.78 bits per heavy atom. The summed E-state index contributed by atoms with van der Waals surface area (Å²) in [5, 5.41) is 0. The van der Waals surface area contributed by atoms with Crippen molar-refractivity contribution in [1.29, 1.82) is 0 Å². The first-order valence-corrected chi connectivity index (χ1v) is 5.69. The maximum absolute atomic E-state index is 7.72. The van der Waals surface area contributed by atoms with Crippen molar-refractivity contribution in [2.75, 3.05) is 0 Å². The minimum atomic E-state index is -3.38. The lowest BCUT2D eigenvalue weighted by Gasteiger charge is -2.32. The zero-order chi connectivity index (χ0) is 21.3. The molecule has 100 valence electrons. The van der Waals surface area contributed by atoms with Gasteiger partial charge in [0.25, 0.3) is 0 Å². The number of aromatic nitrogens is 2. The maximum Gasteiger partial charge on any atom is 0.513 e. The highest BCUT2D eigenvalue weighted by Gasteiger charge is 2.52. The Bertz CT molecular complexity index is 654. The second kappa shape index (κ2) is 3.84. The standard InChI is InChI=1S/C13H23BN2O2/c1-11(2,3)10-15-8-9(16-10)14-17-12(4,5)13(6,7)18-14/h8H,1-7H3,(H,15,16)/i1D3,2D3,3D3. The molecule has 2 rings (SSSR count). The van der Waals surface area contributed by atoms with Gasteiger partial charge < -0.3 is 14.3 Å². The van der Waals surface area contributed by atoms with E-state index in [9.17, 15) is 0 Å². The normalized spacial score (nSPS) is 32.0. The summed E-state index contributed by atoms with van der Waals surface area (Å²) in [7, 11) is -0.973. The van der Waals surface area contributed by atoms with Crippen LogP contribution < -0.4 is 5.59 Å². The molecular weight excluding hydrogens is 227 g/mol. The molecule has 0 atom stereocenters. The van der Waals surface area contributed by atoms with Gasteiger partial charge in [0.15, 0.2) is 0 Å². The van der Waals surface area contributed by atoms with Crippen molar-refractivity contribution < 1.29 is 21.6 Å². The summed E-state index contributed by atoms with van der Waals surface area (Å²) < 4.78 is 81.1. The molecule has 0 spiro atoms. The zero-order valence-corrected chi connectivity index (χ0v) is 10.9. The van der Waals surface area contributed by atoms with Crippen LogP contribution in [0.3, 0.4) is 0 Å². The molecule has 1 aromatic heterocycles. The van der Waals surface area contributed by atoms with E-state index in [0.717, 1.165) is 6.20 Å². The Hall–Kier alpha value is -0.805. The fourth-order valence-electron chi connectivity index (χ4n) is 1.62. The van der Waals surface area contributed by atoms with Gasteiger partial charge in [-0.15, -0.1) is 0 Å². The number of rotatable bonds is 1. The van der Waals surface area contributed by atoms with E-state index in [1.807, 2.05) is 27.7 Å². The van der Waals surface area contributed by atoms with Crippen LogP contribution in [0.15, 0.2) is 6.20 Å². The Morgan fingerprint density at radius 3 is 2.28 bits per heavy atom. The number of H-pyrrole nitrogens is 1. The number of imidazole rings is 1. The Morgan fingerprint density at radius 1 is 1.22 bits per heavy atom. The molecule has 4 nitrogen and oxygen atoms in total. The molecule has 0 aliphatic carbocycles. The fraction of sp³-hybridized carbons (Fsp3) is 0.769. The van der Waals surface area contributed by atoms with Crippen molar-refractivity contribution >= 4 is 12.7 Å². The average molecular weight is 259 g/mol. The summed E-state index contributed by atoms with van der Waals surface area (Å²) in [6.45, 7) is -2.91. The number of aromatic amines is 1. The van der Waals surface area contributed by atoms with Crippen molar-refractivity contribution in [3.8, 4) is 0 Å². The molecule has 1 saturated heterocycles. The van der Waals surface area contributed by atoms with Gasteiger partial charge in [-0.1, -0.05) is 20.6 Å². The first-order chi connectivity index (χ1) is 11.8. The minimum absolute atomic E-state index is 0.144. The Kier molecular flexibility index (Phi) is 1.30. The lowest BCUT2D eigenvalue weighted by molar-refractivity contribution is 0.00578. The van der Waals surface area contributed by atoms with Gasteiger partial charge in [0, 0.05) is 23.9 Å². The summed E-state index contributed by atoms with van der Waals surface area (Å²) in [6, 6.07) is 0. The van der Waals surface area contributed by atoms with Gasteiger partial charge >= 0.3 is 7.12 Å². The molecule has 1 aromatic rings. The quantitative estimate of drug-likeness (QED) is 0.785. The highest BCUT2D eigenvalue weighted by Crippen LogP contribution is 2.36. The summed E-state index contributed by atoms with van der Waals surface area (Å²) in [5.74, 6) is -0.674. The molecule has 0 amide bonds. The number of nitrogens with one attached hydrogen (secondary N) is 1. The van der Waals surface area contributed by atoms with E-state index in [1.165, 1.54) is 0 Å². The van der Waals surface area contributed by atoms with E-state index < -0.39 is 50.1 Å². The molecule has 18 heavy (non-hydrogen) atoms. The lowest BCUT2D eigenvalue weighted by Crippen LogP contribution is -2.41. The molecule has 2 heterocycles. The van der Waals surface area contributed by atoms with Crippen molar-refractivity contribution in [3.05, 3.63) is 12.0 Å². The van der Waals surface area contributed by atoms with Crippen LogP contribution in [0.2, 0.25) is 0 Å². The van der Waals surface area contributed by atoms with Crippen molar-refractivity contribution in [1.82, 2.24) is 9.97 Å². The van der Waals surface area contributed by atoms with E-state index in [1.54, 1.807) is 0 Å². The maximum atomic E-state index is 7.72. The molecule has 0 unspecified atom stereocenters. The van der Waals surface area contributed by atoms with Crippen LogP contribution in [0.25, 0.3) is 0 Å². The van der Waals surface area contributed by atoms with E-state index in [4.69, 9.17) is 21.6 Å². The first-order valence-electron chi connectivity index (χ1n) is 10.2. The van der Waals surface area contributed by atoms with Crippen LogP contribution >= 0.6 is 0 Å². The van der Waals surface area contributed by atoms with Gasteiger partial charge in [-0.05, 0) is 27.7 Å². The van der Waals surface area contributed by atoms with Gasteiger partial charge in [0.2, 0.25) is 0 Å². The summed E-state index contributed by atoms with van der Waals surface area (Å²) in [4.78, 5) is 6.38. The molecule has 1 fully saturated rings. The largest absolute Gasteiger partial charge is 0.513 e. The smallest absolute Gasteiger partial charge is 0.398 e. The number of hydrogen-bond donors (Lipinski definition) is 1. The van der Waals surface area contributed by atoms with Crippen LogP contribution in [0.4, 0.5) is 0 Å². The fourth-order valence-corrected chi connectivity index (χ4v) is 1.62. The third-order valence-corrected chi connectivity index (χ3v) is 3.46. The van der Waals surface area contributed by atoms with Crippen LogP contribution in [-0.4, -0.2) is 28.3 Å². The summed E-state index contributed by atoms with van der Waals surface area (Å²) >= 11 is 0. The monoisotopic (exact) mass is 259 g/mol. The molecule has 0 aromatic carbocycles. The van der Waals surface area contributed by atoms with E-state index in [-0.39, 0.29) is 5.59 Å². The second-order valence-electron chi connectivity index (χ2n) is 5.53. The highest BCUT2D eigenvalue weighted by atomic mass is 16.7. The van der Waals surface area contributed by atoms with E-state index >= 15 is 0 Å². The molecule has 0 radical (unpaired) electrons. The number of hydrogen-bond acceptors (Lipinski definition) is 3. The average Bonchev–Trinajstić information content (AvgIpc) is 2.88. The SMILES string of the molecule is [2H]C([2H])([2H])C(c1ncc(B2OC(C)(C)C(C)(C)O2)[nH]1)(C([2H])([2H])[2H])C([2H])([2H])[2H]. The molecule has 5 heteroatoms. The molecule has 1 N–H and O–H groups in total. The zero-order valence-electron chi connectivity index (χ0n) is 19.9. The van der Waals surface area contributed by atoms with Gasteiger partial charge in [-0.3, -0.25) is 0 Å². The number of nitrogens with zero attached hydrogens (tertiary/aromatic N) is 1. The topological polar surface area (TPSA) is 47.1 Å². The van der Waals surface area contributed by atoms with E-state index in [0.29, 0.717) is 0 Å². The van der Waals surface area contributed by atoms with Crippen LogP contribution in [0.1, 0.15) is 66.4 Å². The van der Waals surface area contributed by atoms with Gasteiger partial charge in [0.1, 0.15) is 5.82 Å². The minimum Gasteiger partial charge on any atom is -0.398 e. The van der Waals surface area contributed by atoms with Gasteiger partial charge in [-0.2, -0.15) is 0 Å². The van der Waals surface area contributed by atoms with Crippen LogP contribution in [-0.2, 0) is 14.7 Å². The Balaban J connectivity index is 2.60. The summed E-state index contributed by atoms with van der Waals surface area (Å²) in [6.07, 6.45) is 1.15.